The molecule has 96 valence electrons. The fourth-order valence-corrected chi connectivity index (χ4v) is 2.44. The van der Waals surface area contributed by atoms with Crippen molar-refractivity contribution >= 4 is 0 Å². The number of aliphatic hydroxyl groups is 1. The van der Waals surface area contributed by atoms with E-state index in [9.17, 15) is 0 Å². The highest BCUT2D eigenvalue weighted by atomic mass is 16.5. The molecule has 0 aromatic rings. The fraction of sp³-hybridized carbons (Fsp3) is 1.00. The minimum Gasteiger partial charge on any atom is -0.396 e. The average molecular weight is 229 g/mol. The van der Waals surface area contributed by atoms with E-state index in [0.29, 0.717) is 24.7 Å². The maximum absolute atomic E-state index is 8.92. The van der Waals surface area contributed by atoms with Crippen LogP contribution in [0.3, 0.4) is 0 Å². The van der Waals surface area contributed by atoms with E-state index in [-0.39, 0.29) is 0 Å². The van der Waals surface area contributed by atoms with E-state index < -0.39 is 0 Å². The molecule has 3 atom stereocenters. The van der Waals surface area contributed by atoms with Crippen LogP contribution in [0.2, 0.25) is 0 Å². The van der Waals surface area contributed by atoms with Gasteiger partial charge in [-0.15, -0.1) is 0 Å². The first-order valence-corrected chi connectivity index (χ1v) is 6.65. The average Bonchev–Trinajstić information content (AvgIpc) is 2.34. The number of hydrogen-bond donors (Lipinski definition) is 2. The van der Waals surface area contributed by atoms with Crippen molar-refractivity contribution in [1.82, 2.24) is 5.32 Å². The van der Waals surface area contributed by atoms with E-state index in [1.165, 1.54) is 25.7 Å². The number of rotatable bonds is 7. The van der Waals surface area contributed by atoms with Gasteiger partial charge in [-0.05, 0) is 38.1 Å². The van der Waals surface area contributed by atoms with Crippen molar-refractivity contribution in [3.63, 3.8) is 0 Å². The molecule has 2 N–H and O–H groups in total. The lowest BCUT2D eigenvalue weighted by Crippen LogP contribution is -2.43. The molecule has 0 saturated heterocycles. The van der Waals surface area contributed by atoms with Crippen molar-refractivity contribution in [2.45, 2.75) is 57.6 Å². The van der Waals surface area contributed by atoms with Crippen molar-refractivity contribution in [1.29, 1.82) is 0 Å². The van der Waals surface area contributed by atoms with Crippen molar-refractivity contribution in [2.75, 3.05) is 20.3 Å². The molecule has 0 heterocycles. The Labute approximate surface area is 99.6 Å². The Balaban J connectivity index is 2.10. The van der Waals surface area contributed by atoms with Gasteiger partial charge in [-0.2, -0.15) is 0 Å². The predicted molar refractivity (Wildman–Crippen MR) is 66.5 cm³/mol. The molecule has 3 heteroatoms. The summed E-state index contributed by atoms with van der Waals surface area (Å²) < 4.78 is 5.50. The Morgan fingerprint density at radius 1 is 1.38 bits per heavy atom. The van der Waals surface area contributed by atoms with E-state index in [1.54, 1.807) is 0 Å². The lowest BCUT2D eigenvalue weighted by Gasteiger charge is -2.31. The first-order valence-electron chi connectivity index (χ1n) is 6.65. The molecule has 0 spiro atoms. The zero-order chi connectivity index (χ0) is 11.8. The normalized spacial score (nSPS) is 27.9. The Bertz CT molecular complexity index is 175. The molecule has 3 unspecified atom stereocenters. The van der Waals surface area contributed by atoms with E-state index in [0.717, 1.165) is 19.4 Å². The smallest absolute Gasteiger partial charge is 0.0724 e. The molecular formula is C13H27NO2. The van der Waals surface area contributed by atoms with Crippen LogP contribution in [0.15, 0.2) is 0 Å². The summed E-state index contributed by atoms with van der Waals surface area (Å²) in [6, 6.07) is 0.545. The molecular weight excluding hydrogens is 202 g/mol. The second kappa shape index (κ2) is 8.04. The molecule has 0 amide bonds. The summed E-state index contributed by atoms with van der Waals surface area (Å²) in [5, 5.41) is 12.5. The van der Waals surface area contributed by atoms with Gasteiger partial charge in [0.05, 0.1) is 6.10 Å². The second-order valence-electron chi connectivity index (χ2n) is 5.05. The lowest BCUT2D eigenvalue weighted by molar-refractivity contribution is 0.0417. The van der Waals surface area contributed by atoms with Gasteiger partial charge in [0.1, 0.15) is 0 Å². The number of methoxy groups -OCH3 is 1. The highest BCUT2D eigenvalue weighted by Crippen LogP contribution is 2.20. The number of hydrogen-bond acceptors (Lipinski definition) is 3. The maximum atomic E-state index is 8.92. The van der Waals surface area contributed by atoms with Gasteiger partial charge in [0.15, 0.2) is 0 Å². The van der Waals surface area contributed by atoms with E-state index in [1.807, 2.05) is 7.11 Å². The first kappa shape index (κ1) is 13.9. The number of ether oxygens (including phenoxy) is 1. The van der Waals surface area contributed by atoms with Crippen LogP contribution in [0, 0.1) is 5.92 Å². The van der Waals surface area contributed by atoms with Gasteiger partial charge in [-0.25, -0.2) is 0 Å². The highest BCUT2D eigenvalue weighted by Gasteiger charge is 2.23. The molecule has 1 aliphatic rings. The topological polar surface area (TPSA) is 41.5 Å². The van der Waals surface area contributed by atoms with Crippen molar-refractivity contribution in [2.24, 2.45) is 5.92 Å². The third kappa shape index (κ3) is 4.81. The van der Waals surface area contributed by atoms with Gasteiger partial charge >= 0.3 is 0 Å². The molecule has 1 saturated carbocycles. The summed E-state index contributed by atoms with van der Waals surface area (Å²) in [7, 11) is 1.82. The van der Waals surface area contributed by atoms with E-state index in [2.05, 4.69) is 12.2 Å². The van der Waals surface area contributed by atoms with Crippen molar-refractivity contribution in [3.8, 4) is 0 Å². The van der Waals surface area contributed by atoms with Gasteiger partial charge in [-0.3, -0.25) is 0 Å². The van der Waals surface area contributed by atoms with Gasteiger partial charge in [0.25, 0.3) is 0 Å². The molecule has 1 fully saturated rings. The van der Waals surface area contributed by atoms with Crippen LogP contribution >= 0.6 is 0 Å². The Kier molecular flexibility index (Phi) is 7.01. The Hall–Kier alpha value is -0.120. The number of aliphatic hydroxyl groups excluding tert-OH is 1. The predicted octanol–water partition coefficient (Wildman–Crippen LogP) is 1.94. The van der Waals surface area contributed by atoms with Crippen LogP contribution in [0.25, 0.3) is 0 Å². The van der Waals surface area contributed by atoms with Gasteiger partial charge in [-0.1, -0.05) is 19.8 Å². The zero-order valence-electron chi connectivity index (χ0n) is 10.7. The molecule has 0 aliphatic heterocycles. The molecule has 0 aromatic carbocycles. The third-order valence-corrected chi connectivity index (χ3v) is 3.60. The molecule has 1 aliphatic carbocycles. The standard InChI is InChI=1S/C13H27NO2/c1-11(10-15)6-5-9-14-12-7-3-4-8-13(12)16-2/h11-15H,3-10H2,1-2H3. The molecule has 0 bridgehead atoms. The monoisotopic (exact) mass is 229 g/mol. The van der Waals surface area contributed by atoms with Crippen molar-refractivity contribution < 1.29 is 9.84 Å². The minimum absolute atomic E-state index is 0.310. The molecule has 3 nitrogen and oxygen atoms in total. The Morgan fingerprint density at radius 2 is 2.12 bits per heavy atom. The summed E-state index contributed by atoms with van der Waals surface area (Å²) in [5.41, 5.74) is 0. The molecule has 0 radical (unpaired) electrons. The van der Waals surface area contributed by atoms with Gasteiger partial charge in [0, 0.05) is 19.8 Å². The fourth-order valence-electron chi connectivity index (χ4n) is 2.44. The lowest BCUT2D eigenvalue weighted by atomic mass is 9.92. The van der Waals surface area contributed by atoms with Gasteiger partial charge < -0.3 is 15.2 Å². The summed E-state index contributed by atoms with van der Waals surface area (Å²) in [6.45, 7) is 3.46. The zero-order valence-corrected chi connectivity index (χ0v) is 10.7. The van der Waals surface area contributed by atoms with Crippen LogP contribution < -0.4 is 5.32 Å². The summed E-state index contributed by atoms with van der Waals surface area (Å²) >= 11 is 0. The quantitative estimate of drug-likeness (QED) is 0.656. The Morgan fingerprint density at radius 3 is 2.81 bits per heavy atom. The van der Waals surface area contributed by atoms with Crippen LogP contribution in [0.1, 0.15) is 45.4 Å². The van der Waals surface area contributed by atoms with Crippen molar-refractivity contribution in [3.05, 3.63) is 0 Å². The molecule has 1 rings (SSSR count). The molecule has 0 aromatic heterocycles. The first-order chi connectivity index (χ1) is 7.77. The maximum Gasteiger partial charge on any atom is 0.0724 e. The SMILES string of the molecule is COC1CCCCC1NCCCC(C)CO. The second-order valence-corrected chi connectivity index (χ2v) is 5.05. The van der Waals surface area contributed by atoms with Crippen LogP contribution in [-0.2, 0) is 4.74 Å². The molecule has 16 heavy (non-hydrogen) atoms. The minimum atomic E-state index is 0.310. The highest BCUT2D eigenvalue weighted by molar-refractivity contribution is 4.81. The van der Waals surface area contributed by atoms with Crippen LogP contribution in [-0.4, -0.2) is 37.5 Å². The summed E-state index contributed by atoms with van der Waals surface area (Å²) in [5.74, 6) is 0.436. The third-order valence-electron chi connectivity index (χ3n) is 3.60. The summed E-state index contributed by atoms with van der Waals surface area (Å²) in [4.78, 5) is 0. The van der Waals surface area contributed by atoms with Crippen LogP contribution in [0.5, 0.6) is 0 Å². The van der Waals surface area contributed by atoms with E-state index >= 15 is 0 Å². The van der Waals surface area contributed by atoms with Crippen LogP contribution in [0.4, 0.5) is 0 Å². The summed E-state index contributed by atoms with van der Waals surface area (Å²) in [6.07, 6.45) is 7.73. The largest absolute Gasteiger partial charge is 0.396 e. The number of nitrogens with one attached hydrogen (secondary N) is 1. The van der Waals surface area contributed by atoms with E-state index in [4.69, 9.17) is 9.84 Å². The van der Waals surface area contributed by atoms with Gasteiger partial charge in [0.2, 0.25) is 0 Å².